The Morgan fingerprint density at radius 1 is 1.00 bits per heavy atom. The fraction of sp³-hybridized carbons (Fsp3) is 0.0556. The van der Waals surface area contributed by atoms with Crippen LogP contribution in [0.5, 0.6) is 0 Å². The Labute approximate surface area is 141 Å². The van der Waals surface area contributed by atoms with Crippen LogP contribution >= 0.6 is 22.6 Å². The van der Waals surface area contributed by atoms with E-state index >= 15 is 0 Å². The number of fused-ring (bicyclic) bond motifs is 2. The molecule has 0 aliphatic carbocycles. The SMILES string of the molecule is CNc1cc(I)cc2cc3cc(-c4ccccc4)[nH]c3nc12. The fourth-order valence-corrected chi connectivity index (χ4v) is 3.41. The lowest BCUT2D eigenvalue weighted by molar-refractivity contribution is 1.36. The van der Waals surface area contributed by atoms with Crippen LogP contribution in [-0.2, 0) is 0 Å². The van der Waals surface area contributed by atoms with Gasteiger partial charge in [-0.2, -0.15) is 0 Å². The number of hydrogen-bond donors (Lipinski definition) is 2. The molecular weight excluding hydrogens is 385 g/mol. The molecule has 4 heteroatoms. The highest BCUT2D eigenvalue weighted by Crippen LogP contribution is 2.30. The number of anilines is 1. The van der Waals surface area contributed by atoms with Crippen LogP contribution in [0.3, 0.4) is 0 Å². The molecule has 2 aromatic carbocycles. The average Bonchev–Trinajstić information content (AvgIpc) is 2.95. The second-order valence-electron chi connectivity index (χ2n) is 5.25. The van der Waals surface area contributed by atoms with Crippen molar-refractivity contribution >= 4 is 50.2 Å². The molecule has 108 valence electrons. The summed E-state index contributed by atoms with van der Waals surface area (Å²) < 4.78 is 1.20. The predicted octanol–water partition coefficient (Wildman–Crippen LogP) is 5.03. The van der Waals surface area contributed by atoms with Crippen molar-refractivity contribution in [2.45, 2.75) is 0 Å². The molecule has 0 fully saturated rings. The molecule has 0 aliphatic rings. The zero-order valence-electron chi connectivity index (χ0n) is 12.0. The van der Waals surface area contributed by atoms with Gasteiger partial charge in [0.15, 0.2) is 0 Å². The molecule has 0 radical (unpaired) electrons. The van der Waals surface area contributed by atoms with Crippen molar-refractivity contribution < 1.29 is 0 Å². The molecule has 4 aromatic rings. The van der Waals surface area contributed by atoms with Gasteiger partial charge < -0.3 is 10.3 Å². The van der Waals surface area contributed by atoms with Crippen molar-refractivity contribution in [1.82, 2.24) is 9.97 Å². The van der Waals surface area contributed by atoms with Crippen LogP contribution in [0.1, 0.15) is 0 Å². The number of halogens is 1. The van der Waals surface area contributed by atoms with Gasteiger partial charge in [-0.3, -0.25) is 0 Å². The second kappa shape index (κ2) is 5.28. The summed E-state index contributed by atoms with van der Waals surface area (Å²) >= 11 is 2.34. The number of hydrogen-bond acceptors (Lipinski definition) is 2. The van der Waals surface area contributed by atoms with E-state index in [2.05, 4.69) is 69.3 Å². The maximum absolute atomic E-state index is 4.81. The summed E-state index contributed by atoms with van der Waals surface area (Å²) in [7, 11) is 1.93. The topological polar surface area (TPSA) is 40.7 Å². The summed E-state index contributed by atoms with van der Waals surface area (Å²) in [5, 5.41) is 5.52. The molecule has 0 bridgehead atoms. The normalized spacial score (nSPS) is 11.2. The van der Waals surface area contributed by atoms with Crippen LogP contribution in [0.4, 0.5) is 5.69 Å². The van der Waals surface area contributed by atoms with Crippen LogP contribution in [0.15, 0.2) is 54.6 Å². The summed E-state index contributed by atoms with van der Waals surface area (Å²) in [4.78, 5) is 8.24. The molecule has 4 rings (SSSR count). The summed E-state index contributed by atoms with van der Waals surface area (Å²) in [5.74, 6) is 0. The minimum Gasteiger partial charge on any atom is -0.386 e. The third-order valence-corrected chi connectivity index (χ3v) is 4.44. The fourth-order valence-electron chi connectivity index (χ4n) is 2.76. The number of H-pyrrole nitrogens is 1. The molecule has 0 aliphatic heterocycles. The van der Waals surface area contributed by atoms with Gasteiger partial charge in [-0.05, 0) is 52.4 Å². The number of rotatable bonds is 2. The molecular formula is C18H14IN3. The predicted molar refractivity (Wildman–Crippen MR) is 101 cm³/mol. The van der Waals surface area contributed by atoms with Crippen molar-refractivity contribution in [2.75, 3.05) is 12.4 Å². The monoisotopic (exact) mass is 399 g/mol. The molecule has 2 aromatic heterocycles. The average molecular weight is 399 g/mol. The highest BCUT2D eigenvalue weighted by Gasteiger charge is 2.09. The molecule has 2 heterocycles. The van der Waals surface area contributed by atoms with Gasteiger partial charge in [0.2, 0.25) is 0 Å². The second-order valence-corrected chi connectivity index (χ2v) is 6.50. The summed E-state index contributed by atoms with van der Waals surface area (Å²) in [6, 6.07) is 19.0. The Morgan fingerprint density at radius 2 is 1.82 bits per heavy atom. The molecule has 0 saturated carbocycles. The highest BCUT2D eigenvalue weighted by atomic mass is 127. The Morgan fingerprint density at radius 3 is 2.59 bits per heavy atom. The minimum atomic E-state index is 0.920. The number of aromatic nitrogens is 2. The third kappa shape index (κ3) is 2.23. The van der Waals surface area contributed by atoms with Crippen molar-refractivity contribution in [2.24, 2.45) is 0 Å². The first-order chi connectivity index (χ1) is 10.7. The number of pyridine rings is 1. The van der Waals surface area contributed by atoms with Gasteiger partial charge >= 0.3 is 0 Å². The lowest BCUT2D eigenvalue weighted by Gasteiger charge is -2.06. The van der Waals surface area contributed by atoms with E-state index < -0.39 is 0 Å². The maximum atomic E-state index is 4.81. The summed E-state index contributed by atoms with van der Waals surface area (Å²) in [5.41, 5.74) is 5.24. The number of nitrogens with zero attached hydrogens (tertiary/aromatic N) is 1. The molecule has 0 spiro atoms. The zero-order chi connectivity index (χ0) is 15.1. The first kappa shape index (κ1) is 13.6. The van der Waals surface area contributed by atoms with Gasteiger partial charge in [0.25, 0.3) is 0 Å². The maximum Gasteiger partial charge on any atom is 0.138 e. The third-order valence-electron chi connectivity index (χ3n) is 3.82. The van der Waals surface area contributed by atoms with Gasteiger partial charge in [-0.15, -0.1) is 0 Å². The highest BCUT2D eigenvalue weighted by molar-refractivity contribution is 14.1. The largest absolute Gasteiger partial charge is 0.386 e. The standard InChI is InChI=1S/C18H14IN3/c1-20-16-10-14(19)8-12-7-13-9-15(11-5-3-2-4-6-11)21-18(13)22-17(12)16/h2-10,20H,1H3,(H,21,22). The first-order valence-corrected chi connectivity index (χ1v) is 8.19. The molecule has 2 N–H and O–H groups in total. The van der Waals surface area contributed by atoms with Crippen molar-refractivity contribution in [3.8, 4) is 11.3 Å². The number of nitrogens with one attached hydrogen (secondary N) is 2. The molecule has 0 amide bonds. The van der Waals surface area contributed by atoms with E-state index in [-0.39, 0.29) is 0 Å². The lowest BCUT2D eigenvalue weighted by Crippen LogP contribution is -1.93. The van der Waals surface area contributed by atoms with Crippen LogP contribution in [0, 0.1) is 3.57 Å². The van der Waals surface area contributed by atoms with E-state index in [0.717, 1.165) is 33.3 Å². The first-order valence-electron chi connectivity index (χ1n) is 7.11. The van der Waals surface area contributed by atoms with E-state index in [4.69, 9.17) is 4.98 Å². The summed E-state index contributed by atoms with van der Waals surface area (Å²) in [6.45, 7) is 0. The van der Waals surface area contributed by atoms with Crippen LogP contribution in [0.25, 0.3) is 33.2 Å². The van der Waals surface area contributed by atoms with Crippen molar-refractivity contribution in [1.29, 1.82) is 0 Å². The van der Waals surface area contributed by atoms with Gasteiger partial charge in [0, 0.05) is 27.1 Å². The molecule has 0 saturated heterocycles. The zero-order valence-corrected chi connectivity index (χ0v) is 14.2. The minimum absolute atomic E-state index is 0.920. The van der Waals surface area contributed by atoms with E-state index in [1.807, 2.05) is 25.2 Å². The quantitative estimate of drug-likeness (QED) is 0.465. The lowest BCUT2D eigenvalue weighted by atomic mass is 10.1. The van der Waals surface area contributed by atoms with Crippen LogP contribution in [-0.4, -0.2) is 17.0 Å². The van der Waals surface area contributed by atoms with Gasteiger partial charge in [-0.25, -0.2) is 4.98 Å². The Kier molecular flexibility index (Phi) is 3.26. The molecule has 0 unspecified atom stereocenters. The van der Waals surface area contributed by atoms with E-state index in [1.165, 1.54) is 9.13 Å². The summed E-state index contributed by atoms with van der Waals surface area (Å²) in [6.07, 6.45) is 0. The molecule has 3 nitrogen and oxygen atoms in total. The van der Waals surface area contributed by atoms with Crippen molar-refractivity contribution in [3.63, 3.8) is 0 Å². The number of benzene rings is 2. The van der Waals surface area contributed by atoms with E-state index in [9.17, 15) is 0 Å². The van der Waals surface area contributed by atoms with Crippen LogP contribution in [0.2, 0.25) is 0 Å². The van der Waals surface area contributed by atoms with E-state index in [0.29, 0.717) is 0 Å². The Balaban J connectivity index is 1.98. The smallest absolute Gasteiger partial charge is 0.138 e. The van der Waals surface area contributed by atoms with Gasteiger partial charge in [-0.1, -0.05) is 30.3 Å². The number of aromatic amines is 1. The Bertz CT molecular complexity index is 974. The van der Waals surface area contributed by atoms with Gasteiger partial charge in [0.05, 0.1) is 11.2 Å². The van der Waals surface area contributed by atoms with Crippen LogP contribution < -0.4 is 5.32 Å². The molecule has 0 atom stereocenters. The van der Waals surface area contributed by atoms with Gasteiger partial charge in [0.1, 0.15) is 5.65 Å². The molecule has 22 heavy (non-hydrogen) atoms. The van der Waals surface area contributed by atoms with Crippen molar-refractivity contribution in [3.05, 3.63) is 58.2 Å². The van der Waals surface area contributed by atoms with E-state index in [1.54, 1.807) is 0 Å². The Hall–Kier alpha value is -2.08.